The Morgan fingerprint density at radius 2 is 1.73 bits per heavy atom. The number of aromatic nitrogens is 2. The molecule has 0 fully saturated rings. The SMILES string of the molecule is Cc1cccc2c1CN(S(=O)(=O)C(F)(F)F)CC(c1ccccc1)N2Cc1ncc(N)cn1. The Hall–Kier alpha value is -3.18. The zero-order chi connectivity index (χ0) is 23.8. The number of alkyl halides is 3. The summed E-state index contributed by atoms with van der Waals surface area (Å²) in [6.07, 6.45) is 2.91. The minimum absolute atomic E-state index is 0.149. The molecule has 0 spiro atoms. The lowest BCUT2D eigenvalue weighted by atomic mass is 10.0. The van der Waals surface area contributed by atoms with Gasteiger partial charge in [0, 0.05) is 18.8 Å². The summed E-state index contributed by atoms with van der Waals surface area (Å²) < 4.78 is 66.2. The summed E-state index contributed by atoms with van der Waals surface area (Å²) in [5.41, 5.74) is 3.15. The van der Waals surface area contributed by atoms with Crippen LogP contribution in [0.4, 0.5) is 24.5 Å². The number of benzene rings is 2. The standard InChI is InChI=1S/C22H22F3N5O2S/c1-15-6-5-9-19-18(15)12-29(33(31,32)22(23,24)25)13-20(16-7-3-2-4-8-16)30(19)14-21-27-10-17(26)11-28-21/h2-11,20H,12-14,26H2,1H3. The Kier molecular flexibility index (Phi) is 6.02. The molecule has 7 nitrogen and oxygen atoms in total. The molecule has 0 amide bonds. The van der Waals surface area contributed by atoms with Crippen molar-refractivity contribution in [2.45, 2.75) is 31.6 Å². The molecule has 2 N–H and O–H groups in total. The van der Waals surface area contributed by atoms with E-state index in [1.807, 2.05) is 4.90 Å². The highest BCUT2D eigenvalue weighted by atomic mass is 32.2. The fourth-order valence-electron chi connectivity index (χ4n) is 3.95. The van der Waals surface area contributed by atoms with Crippen molar-refractivity contribution in [1.29, 1.82) is 0 Å². The number of nitrogen functional groups attached to an aromatic ring is 1. The predicted molar refractivity (Wildman–Crippen MR) is 118 cm³/mol. The summed E-state index contributed by atoms with van der Waals surface area (Å²) in [7, 11) is -5.57. The number of fused-ring (bicyclic) bond motifs is 1. The van der Waals surface area contributed by atoms with Gasteiger partial charge in [-0.1, -0.05) is 42.5 Å². The van der Waals surface area contributed by atoms with Crippen LogP contribution in [0.2, 0.25) is 0 Å². The Morgan fingerprint density at radius 3 is 2.36 bits per heavy atom. The topological polar surface area (TPSA) is 92.4 Å². The van der Waals surface area contributed by atoms with Crippen LogP contribution in [-0.2, 0) is 23.1 Å². The summed E-state index contributed by atoms with van der Waals surface area (Å²) in [4.78, 5) is 10.3. The Bertz CT molecular complexity index is 1240. The highest BCUT2D eigenvalue weighted by molar-refractivity contribution is 7.89. The van der Waals surface area contributed by atoms with Crippen LogP contribution in [0.15, 0.2) is 60.9 Å². The van der Waals surface area contributed by atoms with E-state index in [0.29, 0.717) is 38.2 Å². The molecule has 174 valence electrons. The molecule has 1 atom stereocenters. The zero-order valence-electron chi connectivity index (χ0n) is 17.7. The first-order valence-electron chi connectivity index (χ1n) is 10.1. The van der Waals surface area contributed by atoms with Gasteiger partial charge in [0.25, 0.3) is 0 Å². The van der Waals surface area contributed by atoms with Crippen molar-refractivity contribution < 1.29 is 21.6 Å². The highest BCUT2D eigenvalue weighted by Crippen LogP contribution is 2.40. The monoisotopic (exact) mass is 477 g/mol. The molecule has 0 aliphatic carbocycles. The number of nitrogens with two attached hydrogens (primary N) is 1. The predicted octanol–water partition coefficient (Wildman–Crippen LogP) is 3.78. The summed E-state index contributed by atoms with van der Waals surface area (Å²) in [5, 5.41) is 0. The van der Waals surface area contributed by atoms with Gasteiger partial charge in [0.1, 0.15) is 5.82 Å². The fourth-order valence-corrected chi connectivity index (χ4v) is 4.88. The molecular weight excluding hydrogens is 455 g/mol. The number of halogens is 3. The number of sulfonamides is 1. The van der Waals surface area contributed by atoms with Gasteiger partial charge in [-0.25, -0.2) is 18.4 Å². The van der Waals surface area contributed by atoms with Crippen molar-refractivity contribution in [2.24, 2.45) is 0 Å². The third kappa shape index (κ3) is 4.51. The van der Waals surface area contributed by atoms with Crippen molar-refractivity contribution in [3.8, 4) is 0 Å². The summed E-state index contributed by atoms with van der Waals surface area (Å²) in [6.45, 7) is 1.11. The molecule has 1 aromatic heterocycles. The minimum atomic E-state index is -5.57. The van der Waals surface area contributed by atoms with E-state index in [1.54, 1.807) is 55.5 Å². The van der Waals surface area contributed by atoms with Crippen LogP contribution >= 0.6 is 0 Å². The van der Waals surface area contributed by atoms with Gasteiger partial charge < -0.3 is 10.6 Å². The van der Waals surface area contributed by atoms with Crippen LogP contribution in [0, 0.1) is 6.92 Å². The molecule has 1 unspecified atom stereocenters. The van der Waals surface area contributed by atoms with Crippen molar-refractivity contribution >= 4 is 21.4 Å². The van der Waals surface area contributed by atoms with Gasteiger partial charge in [0.05, 0.1) is 30.7 Å². The minimum Gasteiger partial charge on any atom is -0.396 e. The van der Waals surface area contributed by atoms with Gasteiger partial charge >= 0.3 is 15.5 Å². The zero-order valence-corrected chi connectivity index (χ0v) is 18.5. The van der Waals surface area contributed by atoms with Gasteiger partial charge in [0.2, 0.25) is 0 Å². The van der Waals surface area contributed by atoms with E-state index in [2.05, 4.69) is 9.97 Å². The molecule has 1 aliphatic rings. The normalized spacial score (nSPS) is 17.5. The van der Waals surface area contributed by atoms with Crippen LogP contribution in [0.1, 0.15) is 28.6 Å². The largest absolute Gasteiger partial charge is 0.511 e. The molecule has 0 saturated carbocycles. The van der Waals surface area contributed by atoms with Crippen LogP contribution < -0.4 is 10.6 Å². The second-order valence-electron chi connectivity index (χ2n) is 7.80. The Balaban J connectivity index is 1.90. The quantitative estimate of drug-likeness (QED) is 0.615. The van der Waals surface area contributed by atoms with Gasteiger partial charge in [-0.3, -0.25) is 0 Å². The van der Waals surface area contributed by atoms with Crippen LogP contribution in [0.3, 0.4) is 0 Å². The summed E-state index contributed by atoms with van der Waals surface area (Å²) in [5.74, 6) is 0.407. The highest BCUT2D eigenvalue weighted by Gasteiger charge is 2.51. The number of hydrogen-bond donors (Lipinski definition) is 1. The van der Waals surface area contributed by atoms with E-state index in [0.717, 1.165) is 0 Å². The molecule has 0 radical (unpaired) electrons. The van der Waals surface area contributed by atoms with Gasteiger partial charge in [-0.15, -0.1) is 0 Å². The number of anilines is 2. The number of aryl methyl sites for hydroxylation is 1. The molecule has 0 saturated heterocycles. The number of hydrogen-bond acceptors (Lipinski definition) is 6. The third-order valence-corrected chi connectivity index (χ3v) is 7.18. The maximum Gasteiger partial charge on any atom is 0.511 e. The Labute approximate surface area is 189 Å². The van der Waals surface area contributed by atoms with Crippen molar-refractivity contribution in [3.63, 3.8) is 0 Å². The third-order valence-electron chi connectivity index (χ3n) is 5.64. The molecular formula is C22H22F3N5O2S. The maximum atomic E-state index is 13.6. The second-order valence-corrected chi connectivity index (χ2v) is 9.73. The van der Waals surface area contributed by atoms with Crippen LogP contribution in [0.5, 0.6) is 0 Å². The lowest BCUT2D eigenvalue weighted by molar-refractivity contribution is -0.0492. The van der Waals surface area contributed by atoms with E-state index in [1.165, 1.54) is 12.4 Å². The molecule has 33 heavy (non-hydrogen) atoms. The maximum absolute atomic E-state index is 13.6. The Morgan fingerprint density at radius 1 is 1.06 bits per heavy atom. The average molecular weight is 478 g/mol. The lowest BCUT2D eigenvalue weighted by Gasteiger charge is -2.34. The van der Waals surface area contributed by atoms with Crippen LogP contribution in [-0.4, -0.2) is 34.7 Å². The van der Waals surface area contributed by atoms with Gasteiger partial charge in [-0.05, 0) is 29.7 Å². The van der Waals surface area contributed by atoms with E-state index in [9.17, 15) is 21.6 Å². The number of nitrogens with zero attached hydrogens (tertiary/aromatic N) is 4. The number of rotatable bonds is 4. The first kappa shape index (κ1) is 23.0. The molecule has 0 bridgehead atoms. The van der Waals surface area contributed by atoms with Crippen molar-refractivity contribution in [3.05, 3.63) is 83.4 Å². The molecule has 1 aliphatic heterocycles. The van der Waals surface area contributed by atoms with Crippen molar-refractivity contribution in [1.82, 2.24) is 14.3 Å². The first-order valence-corrected chi connectivity index (χ1v) is 11.5. The molecule has 3 aromatic rings. The van der Waals surface area contributed by atoms with E-state index < -0.39 is 34.7 Å². The average Bonchev–Trinajstić information content (AvgIpc) is 2.94. The van der Waals surface area contributed by atoms with Gasteiger partial charge in [-0.2, -0.15) is 17.5 Å². The van der Waals surface area contributed by atoms with Crippen LogP contribution in [0.25, 0.3) is 0 Å². The molecule has 11 heteroatoms. The lowest BCUT2D eigenvalue weighted by Crippen LogP contribution is -2.43. The van der Waals surface area contributed by atoms with E-state index >= 15 is 0 Å². The van der Waals surface area contributed by atoms with Crippen molar-refractivity contribution in [2.75, 3.05) is 17.2 Å². The smallest absolute Gasteiger partial charge is 0.396 e. The molecule has 4 rings (SSSR count). The molecule has 2 aromatic carbocycles. The van der Waals surface area contributed by atoms with Gasteiger partial charge in [0.15, 0.2) is 0 Å². The van der Waals surface area contributed by atoms with E-state index in [4.69, 9.17) is 5.73 Å². The fraction of sp³-hybridized carbons (Fsp3) is 0.273. The van der Waals surface area contributed by atoms with E-state index in [-0.39, 0.29) is 6.54 Å². The second kappa shape index (κ2) is 8.64. The summed E-state index contributed by atoms with van der Waals surface area (Å²) >= 11 is 0. The first-order chi connectivity index (χ1) is 15.6. The summed E-state index contributed by atoms with van der Waals surface area (Å²) in [6, 6.07) is 13.4. The molecule has 2 heterocycles.